The molecule has 0 unspecified atom stereocenters. The van der Waals surface area contributed by atoms with Gasteiger partial charge in [-0.2, -0.15) is 0 Å². The Hall–Kier alpha value is -0.950. The van der Waals surface area contributed by atoms with Crippen molar-refractivity contribution in [2.24, 2.45) is 0 Å². The summed E-state index contributed by atoms with van der Waals surface area (Å²) in [4.78, 5) is 0. The van der Waals surface area contributed by atoms with Crippen LogP contribution in [0.3, 0.4) is 0 Å². The molecule has 0 saturated heterocycles. The van der Waals surface area contributed by atoms with Gasteiger partial charge in [-0.15, -0.1) is 11.6 Å². The lowest BCUT2D eigenvalue weighted by Gasteiger charge is -1.93. The van der Waals surface area contributed by atoms with E-state index in [0.717, 1.165) is 17.7 Å². The SMILES string of the molecule is Nc1ccc(C=CCCCl)cc1. The minimum atomic E-state index is 0.672. The van der Waals surface area contributed by atoms with Crippen LogP contribution < -0.4 is 5.73 Å². The highest BCUT2D eigenvalue weighted by Crippen LogP contribution is 2.07. The summed E-state index contributed by atoms with van der Waals surface area (Å²) < 4.78 is 0. The van der Waals surface area contributed by atoms with Gasteiger partial charge in [0.2, 0.25) is 0 Å². The van der Waals surface area contributed by atoms with Crippen LogP contribution in [0.2, 0.25) is 0 Å². The van der Waals surface area contributed by atoms with Gasteiger partial charge < -0.3 is 5.73 Å². The lowest BCUT2D eigenvalue weighted by Crippen LogP contribution is -1.82. The van der Waals surface area contributed by atoms with Crippen LogP contribution in [-0.4, -0.2) is 5.88 Å². The molecule has 1 aromatic carbocycles. The lowest BCUT2D eigenvalue weighted by atomic mass is 10.2. The van der Waals surface area contributed by atoms with Gasteiger partial charge in [0.05, 0.1) is 0 Å². The molecule has 0 amide bonds. The predicted octanol–water partition coefficient (Wildman–Crippen LogP) is 2.91. The lowest BCUT2D eigenvalue weighted by molar-refractivity contribution is 1.24. The molecule has 2 heteroatoms. The van der Waals surface area contributed by atoms with E-state index < -0.39 is 0 Å². The molecular formula is C10H12ClN. The number of nitrogen functional groups attached to an aromatic ring is 1. The van der Waals surface area contributed by atoms with Crippen LogP contribution >= 0.6 is 11.6 Å². The molecule has 0 heterocycles. The van der Waals surface area contributed by atoms with Crippen LogP contribution in [0, 0.1) is 0 Å². The molecule has 2 N–H and O–H groups in total. The topological polar surface area (TPSA) is 26.0 Å². The molecule has 1 nitrogen and oxygen atoms in total. The van der Waals surface area contributed by atoms with Crippen molar-refractivity contribution in [2.75, 3.05) is 11.6 Å². The van der Waals surface area contributed by atoms with Crippen LogP contribution in [0.25, 0.3) is 6.08 Å². The molecule has 0 fully saturated rings. The number of alkyl halides is 1. The van der Waals surface area contributed by atoms with Crippen LogP contribution in [0.4, 0.5) is 5.69 Å². The zero-order valence-corrected chi connectivity index (χ0v) is 7.59. The molecule has 0 atom stereocenters. The highest BCUT2D eigenvalue weighted by molar-refractivity contribution is 6.17. The third-order valence-corrected chi connectivity index (χ3v) is 1.74. The molecule has 0 radical (unpaired) electrons. The molecule has 1 rings (SSSR count). The number of rotatable bonds is 3. The van der Waals surface area contributed by atoms with Crippen molar-refractivity contribution in [3.8, 4) is 0 Å². The van der Waals surface area contributed by atoms with Crippen molar-refractivity contribution in [2.45, 2.75) is 6.42 Å². The van der Waals surface area contributed by atoms with E-state index in [1.54, 1.807) is 0 Å². The van der Waals surface area contributed by atoms with Gasteiger partial charge in [-0.25, -0.2) is 0 Å². The second-order valence-electron chi connectivity index (χ2n) is 2.55. The number of hydrogen-bond donors (Lipinski definition) is 1. The Morgan fingerprint density at radius 3 is 2.50 bits per heavy atom. The van der Waals surface area contributed by atoms with Crippen molar-refractivity contribution < 1.29 is 0 Å². The second kappa shape index (κ2) is 4.83. The Morgan fingerprint density at radius 2 is 1.92 bits per heavy atom. The minimum absolute atomic E-state index is 0.672. The van der Waals surface area contributed by atoms with Crippen LogP contribution in [-0.2, 0) is 0 Å². The first-order chi connectivity index (χ1) is 5.83. The van der Waals surface area contributed by atoms with Gasteiger partial charge in [-0.3, -0.25) is 0 Å². The monoisotopic (exact) mass is 181 g/mol. The number of anilines is 1. The molecule has 0 aromatic heterocycles. The van der Waals surface area contributed by atoms with E-state index in [4.69, 9.17) is 17.3 Å². The first kappa shape index (κ1) is 9.14. The molecule has 0 aliphatic heterocycles. The van der Waals surface area contributed by atoms with Crippen LogP contribution in [0.5, 0.6) is 0 Å². The third kappa shape index (κ3) is 2.97. The second-order valence-corrected chi connectivity index (χ2v) is 2.92. The van der Waals surface area contributed by atoms with Gasteiger partial charge in [0.15, 0.2) is 0 Å². The van der Waals surface area contributed by atoms with Gasteiger partial charge in [0, 0.05) is 11.6 Å². The maximum absolute atomic E-state index is 5.54. The minimum Gasteiger partial charge on any atom is -0.399 e. The van der Waals surface area contributed by atoms with Crippen LogP contribution in [0.1, 0.15) is 12.0 Å². The van der Waals surface area contributed by atoms with Gasteiger partial charge in [0.25, 0.3) is 0 Å². The Kier molecular flexibility index (Phi) is 3.68. The largest absolute Gasteiger partial charge is 0.399 e. The first-order valence-corrected chi connectivity index (χ1v) is 4.44. The highest BCUT2D eigenvalue weighted by Gasteiger charge is 1.85. The van der Waals surface area contributed by atoms with Crippen molar-refractivity contribution in [3.63, 3.8) is 0 Å². The van der Waals surface area contributed by atoms with Crippen LogP contribution in [0.15, 0.2) is 30.3 Å². The van der Waals surface area contributed by atoms with Gasteiger partial charge >= 0.3 is 0 Å². The molecule has 0 spiro atoms. The number of halogens is 1. The molecular weight excluding hydrogens is 170 g/mol. The summed E-state index contributed by atoms with van der Waals surface area (Å²) in [5.74, 6) is 0.672. The summed E-state index contributed by atoms with van der Waals surface area (Å²) in [5.41, 5.74) is 7.49. The van der Waals surface area contributed by atoms with Crippen molar-refractivity contribution in [1.82, 2.24) is 0 Å². The van der Waals surface area contributed by atoms with E-state index in [-0.39, 0.29) is 0 Å². The Balaban J connectivity index is 2.58. The van der Waals surface area contributed by atoms with Crippen molar-refractivity contribution in [1.29, 1.82) is 0 Å². The summed E-state index contributed by atoms with van der Waals surface area (Å²) in [5, 5.41) is 0. The van der Waals surface area contributed by atoms with E-state index in [2.05, 4.69) is 6.08 Å². The predicted molar refractivity (Wildman–Crippen MR) is 55.2 cm³/mol. The Morgan fingerprint density at radius 1 is 1.25 bits per heavy atom. The van der Waals surface area contributed by atoms with E-state index in [1.807, 2.05) is 30.3 Å². The number of allylic oxidation sites excluding steroid dienone is 1. The summed E-state index contributed by atoms with van der Waals surface area (Å²) in [7, 11) is 0. The summed E-state index contributed by atoms with van der Waals surface area (Å²) >= 11 is 5.52. The van der Waals surface area contributed by atoms with Gasteiger partial charge in [-0.1, -0.05) is 24.3 Å². The van der Waals surface area contributed by atoms with Crippen molar-refractivity contribution >= 4 is 23.4 Å². The first-order valence-electron chi connectivity index (χ1n) is 3.91. The van der Waals surface area contributed by atoms with Gasteiger partial charge in [0.1, 0.15) is 0 Å². The molecule has 1 aromatic rings. The maximum atomic E-state index is 5.54. The standard InChI is InChI=1S/C10H12ClN/c11-8-2-1-3-9-4-6-10(12)7-5-9/h1,3-7H,2,8,12H2. The van der Waals surface area contributed by atoms with Crippen molar-refractivity contribution in [3.05, 3.63) is 35.9 Å². The maximum Gasteiger partial charge on any atom is 0.0314 e. The molecule has 0 aliphatic rings. The zero-order chi connectivity index (χ0) is 8.81. The van der Waals surface area contributed by atoms with Gasteiger partial charge in [-0.05, 0) is 24.1 Å². The zero-order valence-electron chi connectivity index (χ0n) is 6.83. The third-order valence-electron chi connectivity index (χ3n) is 1.52. The Bertz CT molecular complexity index is 251. The normalized spacial score (nSPS) is 10.8. The smallest absolute Gasteiger partial charge is 0.0314 e. The quantitative estimate of drug-likeness (QED) is 0.563. The summed E-state index contributed by atoms with van der Waals surface area (Å²) in [6.45, 7) is 0. The molecule has 0 aliphatic carbocycles. The molecule has 64 valence electrons. The van der Waals surface area contributed by atoms with E-state index in [1.165, 1.54) is 0 Å². The Labute approximate surface area is 77.8 Å². The molecule has 0 saturated carbocycles. The van der Waals surface area contributed by atoms with E-state index in [9.17, 15) is 0 Å². The number of hydrogen-bond acceptors (Lipinski definition) is 1. The van der Waals surface area contributed by atoms with E-state index >= 15 is 0 Å². The fraction of sp³-hybridized carbons (Fsp3) is 0.200. The summed E-state index contributed by atoms with van der Waals surface area (Å²) in [6.07, 6.45) is 5.01. The number of nitrogens with two attached hydrogens (primary N) is 1. The number of benzene rings is 1. The molecule has 0 bridgehead atoms. The average Bonchev–Trinajstić information content (AvgIpc) is 2.09. The average molecular weight is 182 g/mol. The van der Waals surface area contributed by atoms with E-state index in [0.29, 0.717) is 5.88 Å². The molecule has 12 heavy (non-hydrogen) atoms. The summed E-state index contributed by atoms with van der Waals surface area (Å²) in [6, 6.07) is 7.75. The fourth-order valence-electron chi connectivity index (χ4n) is 0.890. The highest BCUT2D eigenvalue weighted by atomic mass is 35.5. The fourth-order valence-corrected chi connectivity index (χ4v) is 1.02.